The first kappa shape index (κ1) is 18.5. The van der Waals surface area contributed by atoms with E-state index in [1.54, 1.807) is 41.3 Å². The number of hydrogen-bond donors (Lipinski definition) is 1. The molecule has 2 aromatic rings. The van der Waals surface area contributed by atoms with Gasteiger partial charge in [0.2, 0.25) is 0 Å². The zero-order valence-corrected chi connectivity index (χ0v) is 15.5. The van der Waals surface area contributed by atoms with Crippen molar-refractivity contribution in [3.63, 3.8) is 0 Å². The Bertz CT molecular complexity index is 794. The summed E-state index contributed by atoms with van der Waals surface area (Å²) in [7, 11) is 0. The Morgan fingerprint density at radius 2 is 1.50 bits per heavy atom. The number of hydrogen-bond acceptors (Lipinski definition) is 3. The molecular weight excluding hydrogens is 371 g/mol. The molecule has 2 aromatic carbocycles. The maximum absolute atomic E-state index is 12.4. The third-order valence-electron chi connectivity index (χ3n) is 4.37. The number of nitriles is 1. The molecule has 0 aromatic heterocycles. The average molecular weight is 389 g/mol. The van der Waals surface area contributed by atoms with Crippen LogP contribution < -0.4 is 5.32 Å². The minimum Gasteiger partial charge on any atom is -0.322 e. The number of anilines is 1. The van der Waals surface area contributed by atoms with Crippen molar-refractivity contribution in [2.75, 3.05) is 31.5 Å². The van der Waals surface area contributed by atoms with E-state index in [9.17, 15) is 10.1 Å². The van der Waals surface area contributed by atoms with Crippen LogP contribution in [0.3, 0.4) is 0 Å². The third-order valence-corrected chi connectivity index (χ3v) is 4.87. The second kappa shape index (κ2) is 8.41. The van der Waals surface area contributed by atoms with Crippen molar-refractivity contribution in [2.45, 2.75) is 6.04 Å². The zero-order chi connectivity index (χ0) is 18.5. The van der Waals surface area contributed by atoms with Crippen molar-refractivity contribution in [2.24, 2.45) is 0 Å². The molecule has 26 heavy (non-hydrogen) atoms. The summed E-state index contributed by atoms with van der Waals surface area (Å²) in [6, 6.07) is 16.2. The Balaban J connectivity index is 1.57. The maximum atomic E-state index is 12.4. The lowest BCUT2D eigenvalue weighted by molar-refractivity contribution is 0.131. The fraction of sp³-hybridized carbons (Fsp3) is 0.263. The molecule has 0 aliphatic carbocycles. The third kappa shape index (κ3) is 4.47. The first-order chi connectivity index (χ1) is 12.6. The summed E-state index contributed by atoms with van der Waals surface area (Å²) < 4.78 is 0. The van der Waals surface area contributed by atoms with Gasteiger partial charge in [0.1, 0.15) is 6.04 Å². The Morgan fingerprint density at radius 1 is 0.962 bits per heavy atom. The van der Waals surface area contributed by atoms with Gasteiger partial charge in [-0.05, 0) is 42.0 Å². The first-order valence-corrected chi connectivity index (χ1v) is 9.03. The molecule has 0 saturated carbocycles. The molecule has 1 unspecified atom stereocenters. The van der Waals surface area contributed by atoms with Gasteiger partial charge < -0.3 is 10.2 Å². The fourth-order valence-electron chi connectivity index (χ4n) is 2.93. The Labute approximate surface area is 162 Å². The molecule has 1 N–H and O–H groups in total. The van der Waals surface area contributed by atoms with Crippen molar-refractivity contribution in [3.8, 4) is 6.07 Å². The molecule has 1 heterocycles. The van der Waals surface area contributed by atoms with E-state index in [4.69, 9.17) is 23.2 Å². The Morgan fingerprint density at radius 3 is 2.04 bits per heavy atom. The quantitative estimate of drug-likeness (QED) is 0.846. The molecule has 3 rings (SSSR count). The lowest BCUT2D eigenvalue weighted by atomic mass is 10.1. The molecule has 1 atom stereocenters. The van der Waals surface area contributed by atoms with Crippen LogP contribution in [-0.2, 0) is 0 Å². The van der Waals surface area contributed by atoms with Gasteiger partial charge in [-0.3, -0.25) is 4.90 Å². The van der Waals surface area contributed by atoms with E-state index in [1.165, 1.54) is 0 Å². The van der Waals surface area contributed by atoms with E-state index < -0.39 is 0 Å². The molecule has 1 saturated heterocycles. The number of amides is 2. The summed E-state index contributed by atoms with van der Waals surface area (Å²) in [5.74, 6) is 0. The van der Waals surface area contributed by atoms with Crippen molar-refractivity contribution in [3.05, 3.63) is 64.1 Å². The van der Waals surface area contributed by atoms with Gasteiger partial charge in [-0.15, -0.1) is 0 Å². The molecule has 1 fully saturated rings. The predicted molar refractivity (Wildman–Crippen MR) is 103 cm³/mol. The van der Waals surface area contributed by atoms with Gasteiger partial charge >= 0.3 is 6.03 Å². The van der Waals surface area contributed by atoms with Gasteiger partial charge in [0.25, 0.3) is 0 Å². The summed E-state index contributed by atoms with van der Waals surface area (Å²) in [5.41, 5.74) is 1.62. The standard InChI is InChI=1S/C19H18Cl2N4O/c20-15-3-1-14(2-4-15)18(13-22)24-9-11-25(12-10-24)19(26)23-17-7-5-16(21)6-8-17/h1-8,18H,9-12H2,(H,23,26). The van der Waals surface area contributed by atoms with Gasteiger partial charge in [-0.2, -0.15) is 5.26 Å². The van der Waals surface area contributed by atoms with E-state index in [0.29, 0.717) is 41.9 Å². The minimum atomic E-state index is -0.339. The molecular formula is C19H18Cl2N4O. The van der Waals surface area contributed by atoms with Crippen LogP contribution in [0, 0.1) is 11.3 Å². The molecule has 0 spiro atoms. The molecule has 5 nitrogen and oxygen atoms in total. The molecule has 0 bridgehead atoms. The molecule has 134 valence electrons. The monoisotopic (exact) mass is 388 g/mol. The minimum absolute atomic E-state index is 0.146. The largest absolute Gasteiger partial charge is 0.322 e. The predicted octanol–water partition coefficient (Wildman–Crippen LogP) is 4.41. The molecule has 7 heteroatoms. The first-order valence-electron chi connectivity index (χ1n) is 8.27. The van der Waals surface area contributed by atoms with Gasteiger partial charge in [0, 0.05) is 41.9 Å². The van der Waals surface area contributed by atoms with Crippen LogP contribution in [0.1, 0.15) is 11.6 Å². The van der Waals surface area contributed by atoms with Crippen LogP contribution in [0.4, 0.5) is 10.5 Å². The van der Waals surface area contributed by atoms with Crippen LogP contribution >= 0.6 is 23.2 Å². The van der Waals surface area contributed by atoms with Gasteiger partial charge in [0.15, 0.2) is 0 Å². The van der Waals surface area contributed by atoms with E-state index in [0.717, 1.165) is 5.56 Å². The topological polar surface area (TPSA) is 59.4 Å². The Kier molecular flexibility index (Phi) is 6.00. The van der Waals surface area contributed by atoms with Gasteiger partial charge in [-0.25, -0.2) is 4.79 Å². The summed E-state index contributed by atoms with van der Waals surface area (Å²) in [5, 5.41) is 13.7. The number of piperazine rings is 1. The lowest BCUT2D eigenvalue weighted by Gasteiger charge is -2.37. The molecule has 1 aliphatic rings. The summed E-state index contributed by atoms with van der Waals surface area (Å²) >= 11 is 11.8. The van der Waals surface area contributed by atoms with Crippen LogP contribution in [0.25, 0.3) is 0 Å². The van der Waals surface area contributed by atoms with Crippen LogP contribution in [0.2, 0.25) is 10.0 Å². The van der Waals surface area contributed by atoms with E-state index in [-0.39, 0.29) is 12.1 Å². The normalized spacial score (nSPS) is 16.0. The number of nitrogens with one attached hydrogen (secondary N) is 1. The number of nitrogens with zero attached hydrogens (tertiary/aromatic N) is 3. The van der Waals surface area contributed by atoms with Gasteiger partial charge in [0.05, 0.1) is 6.07 Å². The summed E-state index contributed by atoms with van der Waals surface area (Å²) in [4.78, 5) is 16.2. The SMILES string of the molecule is N#CC(c1ccc(Cl)cc1)N1CCN(C(=O)Nc2ccc(Cl)cc2)CC1. The van der Waals surface area contributed by atoms with Gasteiger partial charge in [-0.1, -0.05) is 35.3 Å². The lowest BCUT2D eigenvalue weighted by Crippen LogP contribution is -2.50. The number of carbonyl (C=O) groups excluding carboxylic acids is 1. The van der Waals surface area contributed by atoms with Crippen LogP contribution in [0.5, 0.6) is 0 Å². The Hall–Kier alpha value is -2.26. The molecule has 0 radical (unpaired) electrons. The number of rotatable bonds is 3. The number of halogens is 2. The van der Waals surface area contributed by atoms with Crippen molar-refractivity contribution < 1.29 is 4.79 Å². The molecule has 1 aliphatic heterocycles. The number of urea groups is 1. The second-order valence-corrected chi connectivity index (χ2v) is 6.92. The maximum Gasteiger partial charge on any atom is 0.321 e. The second-order valence-electron chi connectivity index (χ2n) is 6.04. The smallest absolute Gasteiger partial charge is 0.321 e. The van der Waals surface area contributed by atoms with Crippen molar-refractivity contribution in [1.82, 2.24) is 9.80 Å². The number of carbonyl (C=O) groups is 1. The van der Waals surface area contributed by atoms with Crippen molar-refractivity contribution >= 4 is 34.9 Å². The van der Waals surface area contributed by atoms with E-state index in [1.807, 2.05) is 12.1 Å². The van der Waals surface area contributed by atoms with E-state index in [2.05, 4.69) is 16.3 Å². The highest BCUT2D eigenvalue weighted by atomic mass is 35.5. The summed E-state index contributed by atoms with van der Waals surface area (Å²) in [6.07, 6.45) is 0. The van der Waals surface area contributed by atoms with Crippen LogP contribution in [-0.4, -0.2) is 42.0 Å². The zero-order valence-electron chi connectivity index (χ0n) is 14.0. The highest BCUT2D eigenvalue weighted by Gasteiger charge is 2.27. The van der Waals surface area contributed by atoms with Crippen molar-refractivity contribution in [1.29, 1.82) is 5.26 Å². The van der Waals surface area contributed by atoms with E-state index >= 15 is 0 Å². The number of benzene rings is 2. The average Bonchev–Trinajstić information content (AvgIpc) is 2.66. The highest BCUT2D eigenvalue weighted by Crippen LogP contribution is 2.23. The van der Waals surface area contributed by atoms with Crippen LogP contribution in [0.15, 0.2) is 48.5 Å². The highest BCUT2D eigenvalue weighted by molar-refractivity contribution is 6.30. The summed E-state index contributed by atoms with van der Waals surface area (Å²) in [6.45, 7) is 2.39. The molecule has 2 amide bonds. The fourth-order valence-corrected chi connectivity index (χ4v) is 3.18.